The number of carbonyl (C=O) groups excluding carboxylic acids is 1. The number of carbonyl (C=O) groups is 1. The molecule has 0 aromatic heterocycles. The molecular formula is C28H38O4. The fraction of sp³-hybridized carbons (Fsp3) is 0.536. The monoisotopic (exact) mass is 438 g/mol. The molecule has 2 unspecified atom stereocenters. The Balaban J connectivity index is 1.40. The number of esters is 1. The number of benzene rings is 2. The Labute approximate surface area is 193 Å². The third-order valence-electron chi connectivity index (χ3n) is 6.31. The Kier molecular flexibility index (Phi) is 9.93. The van der Waals surface area contributed by atoms with Gasteiger partial charge in [-0.3, -0.25) is 0 Å². The van der Waals surface area contributed by atoms with Gasteiger partial charge in [0.15, 0.2) is 0 Å². The topological polar surface area (TPSA) is 44.8 Å². The first-order valence-electron chi connectivity index (χ1n) is 12.4. The summed E-state index contributed by atoms with van der Waals surface area (Å²) in [6.45, 7) is 5.76. The Morgan fingerprint density at radius 1 is 0.750 bits per heavy atom. The summed E-state index contributed by atoms with van der Waals surface area (Å²) in [5, 5.41) is 0. The second kappa shape index (κ2) is 13.1. The van der Waals surface area contributed by atoms with E-state index in [1.54, 1.807) is 36.4 Å². The summed E-state index contributed by atoms with van der Waals surface area (Å²) >= 11 is 0. The first-order chi connectivity index (χ1) is 15.7. The van der Waals surface area contributed by atoms with Gasteiger partial charge in [0.05, 0.1) is 18.8 Å². The predicted molar refractivity (Wildman–Crippen MR) is 129 cm³/mol. The summed E-state index contributed by atoms with van der Waals surface area (Å²) in [6.07, 6.45) is 11.6. The average Bonchev–Trinajstić information content (AvgIpc) is 2.83. The van der Waals surface area contributed by atoms with E-state index in [9.17, 15) is 4.79 Å². The van der Waals surface area contributed by atoms with Crippen molar-refractivity contribution in [2.75, 3.05) is 13.2 Å². The first-order valence-corrected chi connectivity index (χ1v) is 12.4. The normalized spacial score (nSPS) is 18.2. The maximum absolute atomic E-state index is 12.4. The summed E-state index contributed by atoms with van der Waals surface area (Å²) in [5.74, 6) is 3.50. The van der Waals surface area contributed by atoms with Gasteiger partial charge in [-0.05, 0) is 79.6 Å². The lowest BCUT2D eigenvalue weighted by Gasteiger charge is -2.31. The minimum atomic E-state index is -0.380. The molecule has 2 aromatic rings. The molecule has 0 amide bonds. The highest BCUT2D eigenvalue weighted by Crippen LogP contribution is 2.36. The van der Waals surface area contributed by atoms with Crippen LogP contribution in [-0.4, -0.2) is 19.2 Å². The van der Waals surface area contributed by atoms with Gasteiger partial charge >= 0.3 is 5.97 Å². The zero-order chi connectivity index (χ0) is 22.6. The number of ether oxygens (including phenoxy) is 3. The van der Waals surface area contributed by atoms with Crippen molar-refractivity contribution in [1.29, 1.82) is 0 Å². The molecule has 1 aliphatic rings. The van der Waals surface area contributed by atoms with E-state index in [4.69, 9.17) is 14.2 Å². The standard InChI is InChI=1S/C28H38O4/c1-3-8-22-9-5-6-10-23(22)11-7-21-31-26-16-18-27(19-17-26)32-28(29)24-12-14-25(15-13-24)30-20-4-2/h12-19,22-23H,3-11,20-21H2,1-2H3. The lowest BCUT2D eigenvalue weighted by molar-refractivity contribution is 0.0734. The van der Waals surface area contributed by atoms with E-state index in [2.05, 4.69) is 13.8 Å². The van der Waals surface area contributed by atoms with Crippen molar-refractivity contribution in [3.05, 3.63) is 54.1 Å². The van der Waals surface area contributed by atoms with Gasteiger partial charge in [-0.1, -0.05) is 52.4 Å². The molecule has 2 atom stereocenters. The molecule has 0 N–H and O–H groups in total. The van der Waals surface area contributed by atoms with Gasteiger partial charge in [0.1, 0.15) is 17.2 Å². The molecule has 1 aliphatic carbocycles. The zero-order valence-electron chi connectivity index (χ0n) is 19.7. The Morgan fingerprint density at radius 2 is 1.31 bits per heavy atom. The molecule has 0 saturated heterocycles. The number of hydrogen-bond donors (Lipinski definition) is 0. The maximum Gasteiger partial charge on any atom is 0.343 e. The van der Waals surface area contributed by atoms with Crippen LogP contribution in [0.3, 0.4) is 0 Å². The van der Waals surface area contributed by atoms with Gasteiger partial charge in [0, 0.05) is 0 Å². The van der Waals surface area contributed by atoms with Crippen molar-refractivity contribution >= 4 is 5.97 Å². The Bertz CT molecular complexity index is 795. The fourth-order valence-corrected chi connectivity index (χ4v) is 4.63. The third-order valence-corrected chi connectivity index (χ3v) is 6.31. The van der Waals surface area contributed by atoms with Crippen molar-refractivity contribution in [3.63, 3.8) is 0 Å². The van der Waals surface area contributed by atoms with Crippen LogP contribution < -0.4 is 14.2 Å². The van der Waals surface area contributed by atoms with Crippen molar-refractivity contribution in [2.24, 2.45) is 11.8 Å². The van der Waals surface area contributed by atoms with Gasteiger partial charge < -0.3 is 14.2 Å². The number of rotatable bonds is 12. The van der Waals surface area contributed by atoms with Crippen LogP contribution in [0.4, 0.5) is 0 Å². The molecule has 0 heterocycles. The van der Waals surface area contributed by atoms with Gasteiger partial charge in [0.2, 0.25) is 0 Å². The quantitative estimate of drug-likeness (QED) is 0.196. The summed E-state index contributed by atoms with van der Waals surface area (Å²) in [5.41, 5.74) is 0.498. The average molecular weight is 439 g/mol. The smallest absolute Gasteiger partial charge is 0.343 e. The van der Waals surface area contributed by atoms with E-state index in [0.717, 1.165) is 42.8 Å². The molecule has 1 saturated carbocycles. The van der Waals surface area contributed by atoms with E-state index >= 15 is 0 Å². The number of hydrogen-bond acceptors (Lipinski definition) is 4. The summed E-state index contributed by atoms with van der Waals surface area (Å²) in [6, 6.07) is 14.3. The maximum atomic E-state index is 12.4. The van der Waals surface area contributed by atoms with E-state index < -0.39 is 0 Å². The van der Waals surface area contributed by atoms with Crippen LogP contribution in [-0.2, 0) is 0 Å². The van der Waals surface area contributed by atoms with E-state index in [-0.39, 0.29) is 5.97 Å². The molecule has 32 heavy (non-hydrogen) atoms. The van der Waals surface area contributed by atoms with Crippen molar-refractivity contribution < 1.29 is 19.0 Å². The van der Waals surface area contributed by atoms with Crippen LogP contribution in [0, 0.1) is 11.8 Å². The molecule has 4 nitrogen and oxygen atoms in total. The highest BCUT2D eigenvalue weighted by Gasteiger charge is 2.23. The molecule has 0 bridgehead atoms. The largest absolute Gasteiger partial charge is 0.494 e. The summed E-state index contributed by atoms with van der Waals surface area (Å²) in [4.78, 5) is 12.4. The van der Waals surface area contributed by atoms with E-state index in [1.807, 2.05) is 12.1 Å². The minimum absolute atomic E-state index is 0.380. The summed E-state index contributed by atoms with van der Waals surface area (Å²) < 4.78 is 17.0. The van der Waals surface area contributed by atoms with Crippen molar-refractivity contribution in [1.82, 2.24) is 0 Å². The molecule has 0 spiro atoms. The van der Waals surface area contributed by atoms with E-state index in [0.29, 0.717) is 17.9 Å². The van der Waals surface area contributed by atoms with Crippen LogP contribution in [0.15, 0.2) is 48.5 Å². The summed E-state index contributed by atoms with van der Waals surface area (Å²) in [7, 11) is 0. The molecule has 0 radical (unpaired) electrons. The second-order valence-electron chi connectivity index (χ2n) is 8.82. The second-order valence-corrected chi connectivity index (χ2v) is 8.82. The fourth-order valence-electron chi connectivity index (χ4n) is 4.63. The van der Waals surface area contributed by atoms with Crippen LogP contribution >= 0.6 is 0 Å². The molecule has 174 valence electrons. The van der Waals surface area contributed by atoms with Crippen molar-refractivity contribution in [2.45, 2.75) is 71.6 Å². The molecule has 3 rings (SSSR count). The molecule has 0 aliphatic heterocycles. The predicted octanol–water partition coefficient (Wildman–Crippen LogP) is 7.46. The Morgan fingerprint density at radius 3 is 1.94 bits per heavy atom. The zero-order valence-corrected chi connectivity index (χ0v) is 19.7. The van der Waals surface area contributed by atoms with Gasteiger partial charge in [0.25, 0.3) is 0 Å². The molecule has 4 heteroatoms. The van der Waals surface area contributed by atoms with Gasteiger partial charge in [-0.25, -0.2) is 4.79 Å². The van der Waals surface area contributed by atoms with Crippen LogP contribution in [0.1, 0.15) is 82.0 Å². The first kappa shape index (κ1) is 24.2. The highest BCUT2D eigenvalue weighted by molar-refractivity contribution is 5.91. The minimum Gasteiger partial charge on any atom is -0.494 e. The Hall–Kier alpha value is -2.49. The van der Waals surface area contributed by atoms with Gasteiger partial charge in [-0.2, -0.15) is 0 Å². The molecular weight excluding hydrogens is 400 g/mol. The molecule has 1 fully saturated rings. The highest BCUT2D eigenvalue weighted by atomic mass is 16.5. The lowest BCUT2D eigenvalue weighted by Crippen LogP contribution is -2.20. The van der Waals surface area contributed by atoms with Crippen LogP contribution in [0.25, 0.3) is 0 Å². The van der Waals surface area contributed by atoms with Crippen LogP contribution in [0.2, 0.25) is 0 Å². The molecule has 2 aromatic carbocycles. The SMILES string of the molecule is CCCOc1ccc(C(=O)Oc2ccc(OCCCC3CCCCC3CCC)cc2)cc1. The van der Waals surface area contributed by atoms with E-state index in [1.165, 1.54) is 44.9 Å². The third kappa shape index (κ3) is 7.58. The van der Waals surface area contributed by atoms with Gasteiger partial charge in [-0.15, -0.1) is 0 Å². The van der Waals surface area contributed by atoms with Crippen molar-refractivity contribution in [3.8, 4) is 17.2 Å². The van der Waals surface area contributed by atoms with Crippen LogP contribution in [0.5, 0.6) is 17.2 Å². The lowest BCUT2D eigenvalue weighted by atomic mass is 9.75.